The van der Waals surface area contributed by atoms with Gasteiger partial charge in [0, 0.05) is 17.3 Å². The molecule has 0 amide bonds. The van der Waals surface area contributed by atoms with E-state index in [0.29, 0.717) is 5.56 Å². The van der Waals surface area contributed by atoms with Crippen LogP contribution in [0.4, 0.5) is 4.39 Å². The van der Waals surface area contributed by atoms with E-state index < -0.39 is 11.9 Å². The van der Waals surface area contributed by atoms with Gasteiger partial charge in [-0.1, -0.05) is 18.2 Å². The average Bonchev–Trinajstić information content (AvgIpc) is 2.30. The maximum absolute atomic E-state index is 13.3. The molecule has 0 fully saturated rings. The normalized spacial score (nSPS) is 12.4. The lowest BCUT2D eigenvalue weighted by atomic mass is 10.0. The summed E-state index contributed by atoms with van der Waals surface area (Å²) in [5.74, 6) is -0.429. The van der Waals surface area contributed by atoms with Gasteiger partial charge in [-0.3, -0.25) is 0 Å². The van der Waals surface area contributed by atoms with Gasteiger partial charge < -0.3 is 5.11 Å². The van der Waals surface area contributed by atoms with Crippen molar-refractivity contribution < 1.29 is 9.50 Å². The molecule has 0 bridgehead atoms. The van der Waals surface area contributed by atoms with Crippen LogP contribution < -0.4 is 0 Å². The van der Waals surface area contributed by atoms with Crippen LogP contribution in [0.5, 0.6) is 0 Å². The van der Waals surface area contributed by atoms with Crippen molar-refractivity contribution in [2.24, 2.45) is 0 Å². The number of rotatable bonds is 2. The van der Waals surface area contributed by atoms with Gasteiger partial charge in [0.25, 0.3) is 0 Å². The van der Waals surface area contributed by atoms with Crippen molar-refractivity contribution in [2.75, 3.05) is 0 Å². The zero-order valence-electron chi connectivity index (χ0n) is 7.84. The van der Waals surface area contributed by atoms with Crippen molar-refractivity contribution in [1.82, 2.24) is 10.2 Å². The number of aliphatic hydroxyl groups excluding tert-OH is 1. The van der Waals surface area contributed by atoms with E-state index >= 15 is 0 Å². The molecule has 1 unspecified atom stereocenters. The number of nitrogens with zero attached hydrogens (tertiary/aromatic N) is 2. The van der Waals surface area contributed by atoms with E-state index in [-0.39, 0.29) is 5.56 Å². The molecule has 76 valence electrons. The van der Waals surface area contributed by atoms with Crippen LogP contribution in [0.25, 0.3) is 0 Å². The van der Waals surface area contributed by atoms with E-state index in [2.05, 4.69) is 10.2 Å². The molecule has 1 N–H and O–H groups in total. The molecule has 0 aliphatic carbocycles. The molecule has 0 saturated heterocycles. The minimum Gasteiger partial charge on any atom is -0.383 e. The zero-order valence-corrected chi connectivity index (χ0v) is 7.84. The third kappa shape index (κ3) is 1.99. The molecule has 4 heteroatoms. The van der Waals surface area contributed by atoms with Crippen LogP contribution >= 0.6 is 0 Å². The van der Waals surface area contributed by atoms with Crippen LogP contribution in [0, 0.1) is 5.82 Å². The zero-order chi connectivity index (χ0) is 10.7. The van der Waals surface area contributed by atoms with Gasteiger partial charge in [0.15, 0.2) is 0 Å². The van der Waals surface area contributed by atoms with Crippen LogP contribution in [-0.2, 0) is 0 Å². The van der Waals surface area contributed by atoms with Gasteiger partial charge in [-0.25, -0.2) is 4.39 Å². The van der Waals surface area contributed by atoms with Crippen LogP contribution in [0.2, 0.25) is 0 Å². The van der Waals surface area contributed by atoms with Crippen molar-refractivity contribution in [3.63, 3.8) is 0 Å². The summed E-state index contributed by atoms with van der Waals surface area (Å²) in [5.41, 5.74) is 0.764. The number of halogens is 1. The third-order valence-corrected chi connectivity index (χ3v) is 2.12. The highest BCUT2D eigenvalue weighted by Crippen LogP contribution is 2.22. The summed E-state index contributed by atoms with van der Waals surface area (Å²) in [7, 11) is 0. The maximum atomic E-state index is 13.3. The Bertz CT molecular complexity index is 447. The fraction of sp³-hybridized carbons (Fsp3) is 0.0909. The largest absolute Gasteiger partial charge is 0.383 e. The second kappa shape index (κ2) is 4.14. The van der Waals surface area contributed by atoms with Crippen LogP contribution in [0.3, 0.4) is 0 Å². The summed E-state index contributed by atoms with van der Waals surface area (Å²) in [6.45, 7) is 0. The van der Waals surface area contributed by atoms with E-state index in [1.54, 1.807) is 24.3 Å². The summed E-state index contributed by atoms with van der Waals surface area (Å²) >= 11 is 0. The Morgan fingerprint density at radius 2 is 1.93 bits per heavy atom. The third-order valence-electron chi connectivity index (χ3n) is 2.12. The molecule has 0 radical (unpaired) electrons. The van der Waals surface area contributed by atoms with E-state index in [4.69, 9.17) is 0 Å². The topological polar surface area (TPSA) is 46.0 Å². The highest BCUT2D eigenvalue weighted by Gasteiger charge is 2.14. The van der Waals surface area contributed by atoms with Crippen molar-refractivity contribution >= 4 is 0 Å². The Labute approximate surface area is 86.2 Å². The Balaban J connectivity index is 2.37. The average molecular weight is 204 g/mol. The highest BCUT2D eigenvalue weighted by atomic mass is 19.1. The quantitative estimate of drug-likeness (QED) is 0.809. The van der Waals surface area contributed by atoms with E-state index in [1.807, 2.05) is 0 Å². The van der Waals surface area contributed by atoms with Crippen molar-refractivity contribution in [2.45, 2.75) is 6.10 Å². The van der Waals surface area contributed by atoms with Gasteiger partial charge in [-0.05, 0) is 12.1 Å². The molecular weight excluding hydrogens is 195 g/mol. The summed E-state index contributed by atoms with van der Waals surface area (Å²) in [5, 5.41) is 17.1. The number of hydrogen-bond acceptors (Lipinski definition) is 3. The fourth-order valence-corrected chi connectivity index (χ4v) is 1.34. The summed E-state index contributed by atoms with van der Waals surface area (Å²) < 4.78 is 13.3. The van der Waals surface area contributed by atoms with E-state index in [0.717, 1.165) is 0 Å². The Morgan fingerprint density at radius 1 is 1.13 bits per heavy atom. The number of aromatic nitrogens is 2. The predicted molar refractivity (Wildman–Crippen MR) is 52.5 cm³/mol. The van der Waals surface area contributed by atoms with Crippen LogP contribution in [-0.4, -0.2) is 15.3 Å². The summed E-state index contributed by atoms with van der Waals surface area (Å²) in [4.78, 5) is 0. The van der Waals surface area contributed by atoms with Crippen LogP contribution in [0.15, 0.2) is 42.7 Å². The first-order chi connectivity index (χ1) is 7.29. The Kier molecular flexibility index (Phi) is 2.69. The second-order valence-corrected chi connectivity index (χ2v) is 3.10. The Hall–Kier alpha value is -1.81. The lowest BCUT2D eigenvalue weighted by Gasteiger charge is -2.10. The molecule has 2 rings (SSSR count). The molecule has 0 saturated carbocycles. The maximum Gasteiger partial charge on any atom is 0.129 e. The SMILES string of the molecule is OC(c1ccnnc1)c1ccccc1F. The second-order valence-electron chi connectivity index (χ2n) is 3.10. The van der Waals surface area contributed by atoms with Gasteiger partial charge in [0.1, 0.15) is 11.9 Å². The predicted octanol–water partition coefficient (Wildman–Crippen LogP) is 1.70. The molecule has 1 aromatic heterocycles. The van der Waals surface area contributed by atoms with E-state index in [9.17, 15) is 9.50 Å². The Morgan fingerprint density at radius 3 is 2.60 bits per heavy atom. The molecule has 1 heterocycles. The highest BCUT2D eigenvalue weighted by molar-refractivity contribution is 5.28. The van der Waals surface area contributed by atoms with Gasteiger partial charge in [-0.15, -0.1) is 0 Å². The molecule has 0 aliphatic heterocycles. The summed E-state index contributed by atoms with van der Waals surface area (Å²) in [6, 6.07) is 7.71. The molecule has 0 spiro atoms. The molecular formula is C11H9FN2O. The summed E-state index contributed by atoms with van der Waals surface area (Å²) in [6.07, 6.45) is 1.87. The van der Waals surface area contributed by atoms with Crippen molar-refractivity contribution in [3.05, 3.63) is 59.7 Å². The van der Waals surface area contributed by atoms with Crippen molar-refractivity contribution in [3.8, 4) is 0 Å². The molecule has 3 nitrogen and oxygen atoms in total. The lowest BCUT2D eigenvalue weighted by Crippen LogP contribution is -2.02. The van der Waals surface area contributed by atoms with Crippen LogP contribution in [0.1, 0.15) is 17.2 Å². The first-order valence-corrected chi connectivity index (χ1v) is 4.48. The molecule has 1 aromatic carbocycles. The van der Waals surface area contributed by atoms with Gasteiger partial charge >= 0.3 is 0 Å². The number of hydrogen-bond donors (Lipinski definition) is 1. The molecule has 1 atom stereocenters. The minimum atomic E-state index is -0.998. The van der Waals surface area contributed by atoms with Gasteiger partial charge in [-0.2, -0.15) is 10.2 Å². The monoisotopic (exact) mass is 204 g/mol. The van der Waals surface area contributed by atoms with Crippen molar-refractivity contribution in [1.29, 1.82) is 0 Å². The van der Waals surface area contributed by atoms with Gasteiger partial charge in [0.05, 0.1) is 6.20 Å². The first-order valence-electron chi connectivity index (χ1n) is 4.48. The molecule has 0 aliphatic rings. The number of aliphatic hydroxyl groups is 1. The standard InChI is InChI=1S/C11H9FN2O/c12-10-4-2-1-3-9(10)11(15)8-5-6-13-14-7-8/h1-7,11,15H. The molecule has 15 heavy (non-hydrogen) atoms. The fourth-order valence-electron chi connectivity index (χ4n) is 1.34. The molecule has 2 aromatic rings. The van der Waals surface area contributed by atoms with Gasteiger partial charge in [0.2, 0.25) is 0 Å². The van der Waals surface area contributed by atoms with E-state index in [1.165, 1.54) is 18.5 Å². The smallest absolute Gasteiger partial charge is 0.129 e. The lowest BCUT2D eigenvalue weighted by molar-refractivity contribution is 0.214. The number of benzene rings is 1. The first kappa shape index (κ1) is 9.73. The minimum absolute atomic E-state index is 0.241.